The van der Waals surface area contributed by atoms with E-state index in [9.17, 15) is 9.90 Å². The van der Waals surface area contributed by atoms with Gasteiger partial charge in [0.15, 0.2) is 0 Å². The molecule has 3 rings (SSSR count). The molecule has 1 unspecified atom stereocenters. The van der Waals surface area contributed by atoms with Crippen LogP contribution in [0, 0.1) is 0 Å². The van der Waals surface area contributed by atoms with Crippen molar-refractivity contribution in [3.8, 4) is 0 Å². The molecule has 1 N–H and O–H groups in total. The lowest BCUT2D eigenvalue weighted by Gasteiger charge is -2.30. The van der Waals surface area contributed by atoms with E-state index in [1.807, 2.05) is 36.4 Å². The van der Waals surface area contributed by atoms with Crippen LogP contribution in [0.1, 0.15) is 24.0 Å². The third kappa shape index (κ3) is 5.58. The van der Waals surface area contributed by atoms with Crippen molar-refractivity contribution in [2.75, 3.05) is 19.8 Å². The van der Waals surface area contributed by atoms with Crippen LogP contribution in [0.3, 0.4) is 0 Å². The Morgan fingerprint density at radius 3 is 2.15 bits per heavy atom. The molecule has 5 nitrogen and oxygen atoms in total. The molecule has 1 atom stereocenters. The summed E-state index contributed by atoms with van der Waals surface area (Å²) >= 11 is 0. The van der Waals surface area contributed by atoms with Gasteiger partial charge in [0.1, 0.15) is 6.73 Å². The standard InChI is InChI=1S/C21H26N2O3/c24-20-12-7-13-23(16-20)21(25)26-17-22(14-18-8-3-1-4-9-18)15-19-10-5-2-6-11-19/h1-6,8-11,20,24H,7,12-17H2. The molecular weight excluding hydrogens is 328 g/mol. The first-order chi connectivity index (χ1) is 12.7. The zero-order chi connectivity index (χ0) is 18.2. The molecule has 1 aliphatic rings. The number of amides is 1. The van der Waals surface area contributed by atoms with Gasteiger partial charge in [-0.25, -0.2) is 4.79 Å². The second-order valence-electron chi connectivity index (χ2n) is 6.74. The second kappa shape index (κ2) is 9.36. The Kier molecular flexibility index (Phi) is 6.63. The van der Waals surface area contributed by atoms with E-state index in [0.29, 0.717) is 26.2 Å². The van der Waals surface area contributed by atoms with Crippen LogP contribution < -0.4 is 0 Å². The minimum Gasteiger partial charge on any atom is -0.433 e. The number of piperidine rings is 1. The van der Waals surface area contributed by atoms with Gasteiger partial charge in [-0.05, 0) is 24.0 Å². The fourth-order valence-electron chi connectivity index (χ4n) is 3.19. The van der Waals surface area contributed by atoms with Gasteiger partial charge in [-0.15, -0.1) is 0 Å². The van der Waals surface area contributed by atoms with Crippen LogP contribution in [0.5, 0.6) is 0 Å². The van der Waals surface area contributed by atoms with Crippen molar-refractivity contribution in [1.82, 2.24) is 9.80 Å². The number of benzene rings is 2. The SMILES string of the molecule is O=C(OCN(Cc1ccccc1)Cc1ccccc1)N1CCCC(O)C1. The summed E-state index contributed by atoms with van der Waals surface area (Å²) in [5.41, 5.74) is 2.35. The van der Waals surface area contributed by atoms with E-state index < -0.39 is 6.10 Å². The fourth-order valence-corrected chi connectivity index (χ4v) is 3.19. The first kappa shape index (κ1) is 18.4. The number of aliphatic hydroxyl groups excluding tert-OH is 1. The maximum atomic E-state index is 12.3. The summed E-state index contributed by atoms with van der Waals surface area (Å²) in [4.78, 5) is 16.0. The molecule has 26 heavy (non-hydrogen) atoms. The Morgan fingerprint density at radius 1 is 1.04 bits per heavy atom. The van der Waals surface area contributed by atoms with E-state index >= 15 is 0 Å². The molecule has 0 bridgehead atoms. The van der Waals surface area contributed by atoms with Gasteiger partial charge in [0, 0.05) is 26.2 Å². The number of hydrogen-bond donors (Lipinski definition) is 1. The minimum absolute atomic E-state index is 0.217. The lowest BCUT2D eigenvalue weighted by Crippen LogP contribution is -2.43. The number of likely N-dealkylation sites (tertiary alicyclic amines) is 1. The molecule has 138 valence electrons. The summed E-state index contributed by atoms with van der Waals surface area (Å²) < 4.78 is 5.54. The minimum atomic E-state index is -0.443. The molecule has 0 radical (unpaired) electrons. The van der Waals surface area contributed by atoms with Gasteiger partial charge >= 0.3 is 6.09 Å². The van der Waals surface area contributed by atoms with Gasteiger partial charge in [-0.1, -0.05) is 60.7 Å². The summed E-state index contributed by atoms with van der Waals surface area (Å²) in [6, 6.07) is 20.3. The fraction of sp³-hybridized carbons (Fsp3) is 0.381. The van der Waals surface area contributed by atoms with Crippen molar-refractivity contribution in [2.24, 2.45) is 0 Å². The van der Waals surface area contributed by atoms with Crippen molar-refractivity contribution >= 4 is 6.09 Å². The van der Waals surface area contributed by atoms with Crippen LogP contribution in [0.4, 0.5) is 4.79 Å². The van der Waals surface area contributed by atoms with Crippen molar-refractivity contribution in [1.29, 1.82) is 0 Å². The number of β-amino-alcohol motifs (C(OH)–C–C–N with tert-alkyl or cyclic N) is 1. The number of carbonyl (C=O) groups is 1. The third-order valence-electron chi connectivity index (χ3n) is 4.52. The van der Waals surface area contributed by atoms with Crippen LogP contribution in [0.15, 0.2) is 60.7 Å². The van der Waals surface area contributed by atoms with Crippen LogP contribution in [0.2, 0.25) is 0 Å². The van der Waals surface area contributed by atoms with Crippen LogP contribution in [0.25, 0.3) is 0 Å². The lowest BCUT2D eigenvalue weighted by molar-refractivity contribution is 0.0153. The molecule has 1 aliphatic heterocycles. The molecule has 1 fully saturated rings. The third-order valence-corrected chi connectivity index (χ3v) is 4.52. The highest BCUT2D eigenvalue weighted by molar-refractivity contribution is 5.67. The summed E-state index contributed by atoms with van der Waals surface area (Å²) in [6.45, 7) is 2.62. The highest BCUT2D eigenvalue weighted by Crippen LogP contribution is 2.13. The van der Waals surface area contributed by atoms with Gasteiger partial charge in [-0.3, -0.25) is 4.90 Å². The molecule has 0 saturated carbocycles. The average Bonchev–Trinajstić information content (AvgIpc) is 2.67. The molecular formula is C21H26N2O3. The molecule has 0 aliphatic carbocycles. The van der Waals surface area contributed by atoms with Crippen molar-refractivity contribution in [3.05, 3.63) is 71.8 Å². The highest BCUT2D eigenvalue weighted by Gasteiger charge is 2.23. The first-order valence-corrected chi connectivity index (χ1v) is 9.10. The van der Waals surface area contributed by atoms with E-state index in [1.54, 1.807) is 4.90 Å². The summed E-state index contributed by atoms with van der Waals surface area (Å²) in [5, 5.41) is 9.74. The number of aliphatic hydroxyl groups is 1. The van der Waals surface area contributed by atoms with E-state index in [2.05, 4.69) is 29.2 Å². The van der Waals surface area contributed by atoms with E-state index in [1.165, 1.54) is 11.1 Å². The van der Waals surface area contributed by atoms with E-state index in [0.717, 1.165) is 12.8 Å². The Bertz CT molecular complexity index is 637. The number of rotatable bonds is 6. The van der Waals surface area contributed by atoms with Gasteiger partial charge in [0.25, 0.3) is 0 Å². The predicted molar refractivity (Wildman–Crippen MR) is 100 cm³/mol. The molecule has 2 aromatic carbocycles. The van der Waals surface area contributed by atoms with E-state index in [-0.39, 0.29) is 12.8 Å². The zero-order valence-corrected chi connectivity index (χ0v) is 15.0. The molecule has 5 heteroatoms. The van der Waals surface area contributed by atoms with Gasteiger partial charge in [0.05, 0.1) is 6.10 Å². The largest absolute Gasteiger partial charge is 0.433 e. The summed E-state index contributed by atoms with van der Waals surface area (Å²) in [5.74, 6) is 0. The highest BCUT2D eigenvalue weighted by atomic mass is 16.6. The number of hydrogen-bond acceptors (Lipinski definition) is 4. The predicted octanol–water partition coefficient (Wildman–Crippen LogP) is 3.24. The molecule has 1 saturated heterocycles. The molecule has 1 amide bonds. The smallest absolute Gasteiger partial charge is 0.411 e. The van der Waals surface area contributed by atoms with Gasteiger partial charge in [0.2, 0.25) is 0 Å². The second-order valence-corrected chi connectivity index (χ2v) is 6.74. The molecule has 0 aromatic heterocycles. The molecule has 2 aromatic rings. The van der Waals surface area contributed by atoms with Crippen LogP contribution in [-0.2, 0) is 17.8 Å². The van der Waals surface area contributed by atoms with Crippen molar-refractivity contribution in [3.63, 3.8) is 0 Å². The number of carbonyl (C=O) groups excluding carboxylic acids is 1. The Hall–Kier alpha value is -2.37. The van der Waals surface area contributed by atoms with E-state index in [4.69, 9.17) is 4.74 Å². The van der Waals surface area contributed by atoms with Gasteiger partial charge < -0.3 is 14.7 Å². The number of ether oxygens (including phenoxy) is 1. The Morgan fingerprint density at radius 2 is 1.62 bits per heavy atom. The normalized spacial score (nSPS) is 17.3. The quantitative estimate of drug-likeness (QED) is 0.809. The van der Waals surface area contributed by atoms with Crippen LogP contribution in [-0.4, -0.2) is 46.9 Å². The van der Waals surface area contributed by atoms with Crippen molar-refractivity contribution < 1.29 is 14.6 Å². The summed E-state index contributed by atoms with van der Waals surface area (Å²) in [6.07, 6.45) is 0.766. The molecule has 0 spiro atoms. The van der Waals surface area contributed by atoms with Crippen LogP contribution >= 0.6 is 0 Å². The summed E-state index contributed by atoms with van der Waals surface area (Å²) in [7, 11) is 0. The molecule has 1 heterocycles. The Balaban J connectivity index is 1.60. The number of nitrogens with zero attached hydrogens (tertiary/aromatic N) is 2. The first-order valence-electron chi connectivity index (χ1n) is 9.10. The maximum Gasteiger partial charge on any atom is 0.411 e. The maximum absolute atomic E-state index is 12.3. The van der Waals surface area contributed by atoms with Gasteiger partial charge in [-0.2, -0.15) is 0 Å². The monoisotopic (exact) mass is 354 g/mol. The topological polar surface area (TPSA) is 53.0 Å². The Labute approximate surface area is 154 Å². The lowest BCUT2D eigenvalue weighted by atomic mass is 10.1. The zero-order valence-electron chi connectivity index (χ0n) is 15.0. The van der Waals surface area contributed by atoms with Crippen molar-refractivity contribution in [2.45, 2.75) is 32.0 Å². The average molecular weight is 354 g/mol.